The van der Waals surface area contributed by atoms with Gasteiger partial charge in [0.2, 0.25) is 0 Å². The highest BCUT2D eigenvalue weighted by Crippen LogP contribution is 2.26. The smallest absolute Gasteiger partial charge is 0.252 e. The van der Waals surface area contributed by atoms with Gasteiger partial charge in [0.15, 0.2) is 5.96 Å². The van der Waals surface area contributed by atoms with Gasteiger partial charge in [0.25, 0.3) is 10.0 Å². The fraction of sp³-hybridized carbons (Fsp3) is 0.706. The molecule has 2 fully saturated rings. The van der Waals surface area contributed by atoms with Crippen LogP contribution in [-0.4, -0.2) is 57.6 Å². The van der Waals surface area contributed by atoms with Gasteiger partial charge in [0, 0.05) is 30.6 Å². The van der Waals surface area contributed by atoms with Gasteiger partial charge >= 0.3 is 0 Å². The molecule has 26 heavy (non-hydrogen) atoms. The number of hydrogen-bond acceptors (Lipinski definition) is 5. The number of thiophene rings is 1. The van der Waals surface area contributed by atoms with Crippen molar-refractivity contribution in [3.63, 3.8) is 0 Å². The summed E-state index contributed by atoms with van der Waals surface area (Å²) in [6.07, 6.45) is 4.91. The van der Waals surface area contributed by atoms with Crippen LogP contribution in [0.3, 0.4) is 0 Å². The number of hydrogen-bond donors (Lipinski definition) is 2. The summed E-state index contributed by atoms with van der Waals surface area (Å²) >= 11 is 1.30. The predicted octanol–water partition coefficient (Wildman–Crippen LogP) is 1.77. The predicted molar refractivity (Wildman–Crippen MR) is 104 cm³/mol. The van der Waals surface area contributed by atoms with Gasteiger partial charge in [-0.1, -0.05) is 12.8 Å². The maximum absolute atomic E-state index is 12.7. The Labute approximate surface area is 159 Å². The average Bonchev–Trinajstić information content (AvgIpc) is 3.33. The second-order valence-electron chi connectivity index (χ2n) is 6.56. The van der Waals surface area contributed by atoms with Crippen molar-refractivity contribution in [3.05, 3.63) is 17.0 Å². The third-order valence-corrected chi connectivity index (χ3v) is 8.07. The summed E-state index contributed by atoms with van der Waals surface area (Å²) in [6, 6.07) is 4.05. The Morgan fingerprint density at radius 3 is 2.73 bits per heavy atom. The summed E-state index contributed by atoms with van der Waals surface area (Å²) in [5.41, 5.74) is 0. The monoisotopic (exact) mass is 400 g/mol. The first-order valence-corrected chi connectivity index (χ1v) is 11.6. The highest BCUT2D eigenvalue weighted by atomic mass is 32.2. The average molecular weight is 401 g/mol. The minimum Gasteiger partial charge on any atom is -0.379 e. The highest BCUT2D eigenvalue weighted by molar-refractivity contribution is 7.91. The Bertz CT molecular complexity index is 705. The largest absolute Gasteiger partial charge is 0.379 e. The maximum Gasteiger partial charge on any atom is 0.252 e. The summed E-state index contributed by atoms with van der Waals surface area (Å²) in [5, 5.41) is 6.75. The number of ether oxygens (including phenoxy) is 1. The molecule has 1 aromatic rings. The molecule has 2 aliphatic rings. The maximum atomic E-state index is 12.7. The van der Waals surface area contributed by atoms with Crippen LogP contribution < -0.4 is 10.6 Å². The van der Waals surface area contributed by atoms with Crippen LogP contribution in [0.1, 0.15) is 37.5 Å². The molecule has 1 aromatic heterocycles. The molecule has 1 aliphatic heterocycles. The Kier molecular flexibility index (Phi) is 6.91. The first kappa shape index (κ1) is 19.6. The van der Waals surface area contributed by atoms with E-state index in [1.165, 1.54) is 41.3 Å². The van der Waals surface area contributed by atoms with Crippen molar-refractivity contribution in [3.8, 4) is 0 Å². The van der Waals surface area contributed by atoms with E-state index in [0.717, 1.165) is 17.4 Å². The molecule has 9 heteroatoms. The molecule has 1 saturated heterocycles. The zero-order valence-corrected chi connectivity index (χ0v) is 16.9. The molecule has 0 amide bonds. The molecule has 0 aromatic carbocycles. The van der Waals surface area contributed by atoms with Crippen molar-refractivity contribution in [1.82, 2.24) is 14.9 Å². The van der Waals surface area contributed by atoms with Crippen molar-refractivity contribution < 1.29 is 13.2 Å². The van der Waals surface area contributed by atoms with E-state index in [1.807, 2.05) is 13.0 Å². The van der Waals surface area contributed by atoms with Gasteiger partial charge in [-0.05, 0) is 31.9 Å². The van der Waals surface area contributed by atoms with E-state index in [-0.39, 0.29) is 0 Å². The second kappa shape index (κ2) is 9.16. The summed E-state index contributed by atoms with van der Waals surface area (Å²) < 4.78 is 32.5. The van der Waals surface area contributed by atoms with E-state index in [2.05, 4.69) is 15.6 Å². The summed E-state index contributed by atoms with van der Waals surface area (Å²) in [5.74, 6) is 0.811. The van der Waals surface area contributed by atoms with Crippen molar-refractivity contribution in [2.45, 2.75) is 49.4 Å². The van der Waals surface area contributed by atoms with Gasteiger partial charge in [-0.25, -0.2) is 13.4 Å². The van der Waals surface area contributed by atoms with E-state index in [0.29, 0.717) is 43.1 Å². The topological polar surface area (TPSA) is 83.0 Å². The highest BCUT2D eigenvalue weighted by Gasteiger charge is 2.27. The number of sulfonamides is 1. The van der Waals surface area contributed by atoms with Crippen LogP contribution in [0.5, 0.6) is 0 Å². The lowest BCUT2D eigenvalue weighted by molar-refractivity contribution is 0.0731. The molecule has 2 N–H and O–H groups in total. The molecule has 1 aliphatic carbocycles. The van der Waals surface area contributed by atoms with Crippen LogP contribution in [0.2, 0.25) is 0 Å². The Morgan fingerprint density at radius 1 is 1.31 bits per heavy atom. The van der Waals surface area contributed by atoms with Crippen LogP contribution in [0.15, 0.2) is 21.3 Å². The first-order valence-electron chi connectivity index (χ1n) is 9.31. The lowest BCUT2D eigenvalue weighted by Crippen LogP contribution is -2.42. The zero-order chi connectivity index (χ0) is 18.4. The molecule has 7 nitrogen and oxygen atoms in total. The second-order valence-corrected chi connectivity index (χ2v) is 9.89. The van der Waals surface area contributed by atoms with Crippen LogP contribution in [0, 0.1) is 0 Å². The molecule has 0 unspecified atom stereocenters. The van der Waals surface area contributed by atoms with Gasteiger partial charge in [0.05, 0.1) is 19.8 Å². The minimum atomic E-state index is -3.42. The summed E-state index contributed by atoms with van der Waals surface area (Å²) in [4.78, 5) is 5.58. The molecule has 3 rings (SSSR count). The fourth-order valence-electron chi connectivity index (χ4n) is 3.24. The van der Waals surface area contributed by atoms with Gasteiger partial charge in [0.1, 0.15) is 4.21 Å². The van der Waals surface area contributed by atoms with Crippen molar-refractivity contribution in [2.75, 3.05) is 32.8 Å². The lowest BCUT2D eigenvalue weighted by Gasteiger charge is -2.25. The first-order chi connectivity index (χ1) is 12.6. The number of nitrogens with zero attached hydrogens (tertiary/aromatic N) is 2. The van der Waals surface area contributed by atoms with Gasteiger partial charge < -0.3 is 15.4 Å². The number of morpholine rings is 1. The standard InChI is InChI=1S/C17H28N4O3S2/c1-2-18-17(20-14-5-3-4-6-14)19-13-15-7-8-16(25-15)26(22,23)21-9-11-24-12-10-21/h7-8,14H,2-6,9-13H2,1H3,(H2,18,19,20). The van der Waals surface area contributed by atoms with Crippen molar-refractivity contribution in [1.29, 1.82) is 0 Å². The molecule has 2 heterocycles. The summed E-state index contributed by atoms with van der Waals surface area (Å²) in [6.45, 7) is 5.09. The van der Waals surface area contributed by atoms with Gasteiger partial charge in [-0.3, -0.25) is 0 Å². The van der Waals surface area contributed by atoms with Crippen LogP contribution in [-0.2, 0) is 21.3 Å². The zero-order valence-electron chi connectivity index (χ0n) is 15.2. The Morgan fingerprint density at radius 2 is 2.04 bits per heavy atom. The molecule has 0 bridgehead atoms. The van der Waals surface area contributed by atoms with Gasteiger partial charge in [-0.2, -0.15) is 4.31 Å². The van der Waals surface area contributed by atoms with E-state index < -0.39 is 10.0 Å². The fourth-order valence-corrected chi connectivity index (χ4v) is 6.08. The van der Waals surface area contributed by atoms with E-state index in [9.17, 15) is 8.42 Å². The molecular weight excluding hydrogens is 372 g/mol. The SMILES string of the molecule is CCNC(=NCc1ccc(S(=O)(=O)N2CCOCC2)s1)NC1CCCC1. The number of nitrogens with one attached hydrogen (secondary N) is 2. The molecule has 0 radical (unpaired) electrons. The molecule has 1 saturated carbocycles. The number of rotatable bonds is 6. The quantitative estimate of drug-likeness (QED) is 0.562. The molecule has 146 valence electrons. The van der Waals surface area contributed by atoms with Crippen LogP contribution in [0.4, 0.5) is 0 Å². The molecule has 0 spiro atoms. The molecule has 0 atom stereocenters. The van der Waals surface area contributed by atoms with Gasteiger partial charge in [-0.15, -0.1) is 11.3 Å². The van der Waals surface area contributed by atoms with Crippen LogP contribution >= 0.6 is 11.3 Å². The van der Waals surface area contributed by atoms with Crippen molar-refractivity contribution in [2.24, 2.45) is 4.99 Å². The van der Waals surface area contributed by atoms with E-state index in [4.69, 9.17) is 4.74 Å². The third-order valence-electron chi connectivity index (χ3n) is 4.63. The third kappa shape index (κ3) is 4.97. The minimum absolute atomic E-state index is 0.387. The lowest BCUT2D eigenvalue weighted by atomic mass is 10.2. The normalized spacial score (nSPS) is 20.4. The van der Waals surface area contributed by atoms with E-state index in [1.54, 1.807) is 6.07 Å². The van der Waals surface area contributed by atoms with Crippen molar-refractivity contribution >= 4 is 27.3 Å². The number of guanidine groups is 1. The molecular formula is C17H28N4O3S2. The number of aliphatic imine (C=N–C) groups is 1. The Hall–Kier alpha value is -1.16. The van der Waals surface area contributed by atoms with E-state index >= 15 is 0 Å². The Balaban J connectivity index is 1.64. The summed E-state index contributed by atoms with van der Waals surface area (Å²) in [7, 11) is -3.42. The van der Waals surface area contributed by atoms with Crippen LogP contribution in [0.25, 0.3) is 0 Å².